The standard InChI is InChI=1S/C12H12ClNO2/c13-11-3-1-9(2-4-11)6-14-7-10(8-15)5-12(14)16/h1-4,8,10H,5-7H2/t10-/m1/s1. The molecular formula is C12H12ClNO2. The van der Waals surface area contributed by atoms with Crippen LogP contribution >= 0.6 is 11.6 Å². The van der Waals surface area contributed by atoms with Crippen LogP contribution in [0.3, 0.4) is 0 Å². The summed E-state index contributed by atoms with van der Waals surface area (Å²) >= 11 is 5.78. The van der Waals surface area contributed by atoms with Crippen LogP contribution in [0.25, 0.3) is 0 Å². The van der Waals surface area contributed by atoms with Crippen LogP contribution in [0.2, 0.25) is 5.02 Å². The maximum atomic E-state index is 11.6. The molecule has 2 rings (SSSR count). The van der Waals surface area contributed by atoms with Crippen molar-refractivity contribution in [3.8, 4) is 0 Å². The molecule has 0 bridgehead atoms. The third-order valence-corrected chi connectivity index (χ3v) is 2.98. The first-order valence-electron chi connectivity index (χ1n) is 5.16. The van der Waals surface area contributed by atoms with E-state index in [0.29, 0.717) is 24.5 Å². The van der Waals surface area contributed by atoms with Gasteiger partial charge in [0.25, 0.3) is 0 Å². The molecule has 0 N–H and O–H groups in total. The number of hydrogen-bond donors (Lipinski definition) is 0. The second kappa shape index (κ2) is 4.66. The summed E-state index contributed by atoms with van der Waals surface area (Å²) in [7, 11) is 0. The lowest BCUT2D eigenvalue weighted by Crippen LogP contribution is -2.24. The summed E-state index contributed by atoms with van der Waals surface area (Å²) in [5.41, 5.74) is 1.03. The Morgan fingerprint density at radius 1 is 1.38 bits per heavy atom. The zero-order valence-corrected chi connectivity index (χ0v) is 9.48. The molecule has 1 aromatic rings. The number of carbonyl (C=O) groups is 2. The van der Waals surface area contributed by atoms with Crippen molar-refractivity contribution in [2.75, 3.05) is 6.54 Å². The number of halogens is 1. The third kappa shape index (κ3) is 2.42. The van der Waals surface area contributed by atoms with Gasteiger partial charge in [-0.05, 0) is 17.7 Å². The summed E-state index contributed by atoms with van der Waals surface area (Å²) in [6.45, 7) is 1.09. The molecule has 0 aromatic heterocycles. The van der Waals surface area contributed by atoms with Gasteiger partial charge in [-0.15, -0.1) is 0 Å². The Kier molecular flexibility index (Phi) is 3.25. The Morgan fingerprint density at radius 2 is 2.06 bits per heavy atom. The molecule has 1 fully saturated rings. The largest absolute Gasteiger partial charge is 0.338 e. The van der Waals surface area contributed by atoms with E-state index in [0.717, 1.165) is 11.8 Å². The molecule has 1 amide bonds. The monoisotopic (exact) mass is 237 g/mol. The number of aldehydes is 1. The van der Waals surface area contributed by atoms with Crippen molar-refractivity contribution in [2.45, 2.75) is 13.0 Å². The molecule has 84 valence electrons. The predicted octanol–water partition coefficient (Wildman–Crippen LogP) is 1.89. The second-order valence-electron chi connectivity index (χ2n) is 4.00. The van der Waals surface area contributed by atoms with E-state index in [2.05, 4.69) is 0 Å². The Morgan fingerprint density at radius 3 is 2.62 bits per heavy atom. The lowest BCUT2D eigenvalue weighted by Gasteiger charge is -2.15. The fourth-order valence-corrected chi connectivity index (χ4v) is 1.98. The van der Waals surface area contributed by atoms with Crippen LogP contribution in [0.5, 0.6) is 0 Å². The van der Waals surface area contributed by atoms with Gasteiger partial charge in [0.15, 0.2) is 0 Å². The smallest absolute Gasteiger partial charge is 0.223 e. The topological polar surface area (TPSA) is 37.4 Å². The average Bonchev–Trinajstić information content (AvgIpc) is 2.63. The molecule has 1 aliphatic rings. The van der Waals surface area contributed by atoms with E-state index in [1.54, 1.807) is 17.0 Å². The molecule has 1 aliphatic heterocycles. The third-order valence-electron chi connectivity index (χ3n) is 2.72. The number of amides is 1. The predicted molar refractivity (Wildman–Crippen MR) is 61.0 cm³/mol. The number of carbonyl (C=O) groups excluding carboxylic acids is 2. The second-order valence-corrected chi connectivity index (χ2v) is 4.44. The van der Waals surface area contributed by atoms with E-state index in [-0.39, 0.29) is 11.8 Å². The van der Waals surface area contributed by atoms with E-state index in [1.165, 1.54) is 0 Å². The molecular weight excluding hydrogens is 226 g/mol. The number of benzene rings is 1. The molecule has 3 nitrogen and oxygen atoms in total. The maximum Gasteiger partial charge on any atom is 0.223 e. The quantitative estimate of drug-likeness (QED) is 0.753. The van der Waals surface area contributed by atoms with E-state index in [1.807, 2.05) is 12.1 Å². The van der Waals surface area contributed by atoms with Gasteiger partial charge >= 0.3 is 0 Å². The van der Waals surface area contributed by atoms with Crippen molar-refractivity contribution < 1.29 is 9.59 Å². The van der Waals surface area contributed by atoms with Crippen molar-refractivity contribution in [3.05, 3.63) is 34.9 Å². The van der Waals surface area contributed by atoms with Crippen LogP contribution in [-0.4, -0.2) is 23.6 Å². The van der Waals surface area contributed by atoms with Crippen molar-refractivity contribution in [1.29, 1.82) is 0 Å². The molecule has 1 saturated heterocycles. The van der Waals surface area contributed by atoms with Crippen molar-refractivity contribution in [2.24, 2.45) is 5.92 Å². The number of hydrogen-bond acceptors (Lipinski definition) is 2. The summed E-state index contributed by atoms with van der Waals surface area (Å²) < 4.78 is 0. The fourth-order valence-electron chi connectivity index (χ4n) is 1.86. The van der Waals surface area contributed by atoms with Gasteiger partial charge in [0.2, 0.25) is 5.91 Å². The molecule has 0 radical (unpaired) electrons. The van der Waals surface area contributed by atoms with E-state index < -0.39 is 0 Å². The van der Waals surface area contributed by atoms with Gasteiger partial charge in [0, 0.05) is 30.5 Å². The molecule has 1 atom stereocenters. The van der Waals surface area contributed by atoms with Crippen molar-refractivity contribution in [1.82, 2.24) is 4.90 Å². The molecule has 1 heterocycles. The zero-order valence-electron chi connectivity index (χ0n) is 8.73. The highest BCUT2D eigenvalue weighted by atomic mass is 35.5. The molecule has 0 aliphatic carbocycles. The average molecular weight is 238 g/mol. The number of likely N-dealkylation sites (tertiary alicyclic amines) is 1. The summed E-state index contributed by atoms with van der Waals surface area (Å²) in [5.74, 6) is -0.0909. The van der Waals surface area contributed by atoms with Gasteiger partial charge in [0.1, 0.15) is 6.29 Å². The normalized spacial score (nSPS) is 20.2. The van der Waals surface area contributed by atoms with Crippen LogP contribution in [-0.2, 0) is 16.1 Å². The van der Waals surface area contributed by atoms with Gasteiger partial charge in [-0.2, -0.15) is 0 Å². The minimum Gasteiger partial charge on any atom is -0.338 e. The summed E-state index contributed by atoms with van der Waals surface area (Å²) in [4.78, 5) is 23.9. The van der Waals surface area contributed by atoms with E-state index >= 15 is 0 Å². The first-order valence-corrected chi connectivity index (χ1v) is 5.54. The van der Waals surface area contributed by atoms with Crippen LogP contribution in [0.4, 0.5) is 0 Å². The highest BCUT2D eigenvalue weighted by Gasteiger charge is 2.28. The van der Waals surface area contributed by atoms with Gasteiger partial charge < -0.3 is 9.69 Å². The summed E-state index contributed by atoms with van der Waals surface area (Å²) in [5, 5.41) is 0.683. The summed E-state index contributed by atoms with van der Waals surface area (Å²) in [6.07, 6.45) is 1.21. The SMILES string of the molecule is O=C[C@@H]1CC(=O)N(Cc2ccc(Cl)cc2)C1. The van der Waals surface area contributed by atoms with E-state index in [9.17, 15) is 9.59 Å². The number of nitrogens with zero attached hydrogens (tertiary/aromatic N) is 1. The first-order chi connectivity index (χ1) is 7.69. The minimum atomic E-state index is -0.139. The Hall–Kier alpha value is -1.35. The van der Waals surface area contributed by atoms with Crippen LogP contribution in [0.15, 0.2) is 24.3 Å². The first kappa shape index (κ1) is 11.1. The fraction of sp³-hybridized carbons (Fsp3) is 0.333. The van der Waals surface area contributed by atoms with E-state index in [4.69, 9.17) is 11.6 Å². The zero-order chi connectivity index (χ0) is 11.5. The molecule has 16 heavy (non-hydrogen) atoms. The van der Waals surface area contributed by atoms with Crippen LogP contribution in [0, 0.1) is 5.92 Å². The summed E-state index contributed by atoms with van der Waals surface area (Å²) in [6, 6.07) is 7.39. The molecule has 0 spiro atoms. The van der Waals surface area contributed by atoms with Gasteiger partial charge in [-0.25, -0.2) is 0 Å². The van der Waals surface area contributed by atoms with Crippen molar-refractivity contribution >= 4 is 23.8 Å². The molecule has 0 unspecified atom stereocenters. The van der Waals surface area contributed by atoms with Gasteiger partial charge in [-0.1, -0.05) is 23.7 Å². The minimum absolute atomic E-state index is 0.0482. The van der Waals surface area contributed by atoms with Crippen LogP contribution in [0.1, 0.15) is 12.0 Å². The highest BCUT2D eigenvalue weighted by molar-refractivity contribution is 6.30. The lowest BCUT2D eigenvalue weighted by atomic mass is 10.1. The van der Waals surface area contributed by atoms with Crippen LogP contribution < -0.4 is 0 Å². The molecule has 1 aromatic carbocycles. The number of rotatable bonds is 3. The van der Waals surface area contributed by atoms with Crippen molar-refractivity contribution in [3.63, 3.8) is 0 Å². The Balaban J connectivity index is 2.02. The molecule has 0 saturated carbocycles. The highest BCUT2D eigenvalue weighted by Crippen LogP contribution is 2.19. The maximum absolute atomic E-state index is 11.6. The Bertz CT molecular complexity index is 402. The van der Waals surface area contributed by atoms with Gasteiger partial charge in [-0.3, -0.25) is 4.79 Å². The van der Waals surface area contributed by atoms with Gasteiger partial charge in [0.05, 0.1) is 0 Å². The molecule has 4 heteroatoms. The Labute approximate surface area is 99.0 Å². The lowest BCUT2D eigenvalue weighted by molar-refractivity contribution is -0.128.